The van der Waals surface area contributed by atoms with Crippen molar-refractivity contribution in [3.8, 4) is 17.3 Å². The van der Waals surface area contributed by atoms with Crippen molar-refractivity contribution in [2.45, 2.75) is 44.2 Å². The van der Waals surface area contributed by atoms with Crippen LogP contribution in [0.1, 0.15) is 32.3 Å². The van der Waals surface area contributed by atoms with Gasteiger partial charge in [-0.15, -0.1) is 0 Å². The molecule has 0 spiro atoms. The Morgan fingerprint density at radius 3 is 2.59 bits per heavy atom. The van der Waals surface area contributed by atoms with Crippen molar-refractivity contribution in [2.75, 3.05) is 0 Å². The lowest BCUT2D eigenvalue weighted by Crippen LogP contribution is -2.30. The van der Waals surface area contributed by atoms with Gasteiger partial charge in [-0.2, -0.15) is 5.26 Å². The monoisotopic (exact) mass is 412 g/mol. The smallest absolute Gasteiger partial charge is 0.240 e. The molecule has 2 heterocycles. The van der Waals surface area contributed by atoms with Crippen LogP contribution in [0.25, 0.3) is 22.3 Å². The van der Waals surface area contributed by atoms with Crippen molar-refractivity contribution in [1.82, 2.24) is 14.3 Å². The normalized spacial score (nSPS) is 14.4. The molecule has 3 aromatic rings. The first-order chi connectivity index (χ1) is 13.8. The Bertz CT molecular complexity index is 1220. The fourth-order valence-corrected chi connectivity index (χ4v) is 4.77. The summed E-state index contributed by atoms with van der Waals surface area (Å²) in [5.41, 5.74) is 2.27. The maximum atomic E-state index is 13.8. The summed E-state index contributed by atoms with van der Waals surface area (Å²) < 4.78 is 43.1. The topological polar surface area (TPSA) is 87.8 Å². The Hall–Kier alpha value is -2.76. The zero-order chi connectivity index (χ0) is 20.8. The highest BCUT2D eigenvalue weighted by Gasteiger charge is 2.27. The van der Waals surface area contributed by atoms with Crippen LogP contribution in [0, 0.1) is 23.1 Å². The molecule has 1 fully saturated rings. The summed E-state index contributed by atoms with van der Waals surface area (Å²) in [4.78, 5) is 4.39. The first kappa shape index (κ1) is 19.6. The molecule has 8 heteroatoms. The van der Waals surface area contributed by atoms with Gasteiger partial charge in [-0.05, 0) is 56.4 Å². The molecular weight excluding hydrogens is 391 g/mol. The molecule has 1 aromatic carbocycles. The Kier molecular flexibility index (Phi) is 4.89. The van der Waals surface area contributed by atoms with Crippen LogP contribution in [0.5, 0.6) is 0 Å². The third-order valence-electron chi connectivity index (χ3n) is 4.94. The van der Waals surface area contributed by atoms with Crippen molar-refractivity contribution in [3.05, 3.63) is 47.9 Å². The van der Waals surface area contributed by atoms with Gasteiger partial charge in [0.15, 0.2) is 0 Å². The summed E-state index contributed by atoms with van der Waals surface area (Å²) in [6.07, 6.45) is 3.38. The standard InChI is InChI=1S/C21H21FN4O2S/c1-13(2)25-29(27,28)17-7-5-15(6-8-17)20-19(10-23)18-9-16(22)11-24-21(18)26(20)12-14-3-4-14/h5-9,11,13-14,25H,3-4,12H2,1-2H3. The number of fused-ring (bicyclic) bond motifs is 1. The molecule has 0 aliphatic heterocycles. The van der Waals surface area contributed by atoms with Crippen LogP contribution in [0.3, 0.4) is 0 Å². The predicted octanol–water partition coefficient (Wildman–Crippen LogP) is 3.81. The minimum atomic E-state index is -3.61. The maximum absolute atomic E-state index is 13.8. The lowest BCUT2D eigenvalue weighted by molar-refractivity contribution is 0.570. The van der Waals surface area contributed by atoms with E-state index in [1.165, 1.54) is 18.2 Å². The molecule has 1 saturated carbocycles. The minimum absolute atomic E-state index is 0.155. The lowest BCUT2D eigenvalue weighted by atomic mass is 10.1. The first-order valence-electron chi connectivity index (χ1n) is 9.50. The van der Waals surface area contributed by atoms with E-state index in [1.54, 1.807) is 26.0 Å². The van der Waals surface area contributed by atoms with Crippen molar-refractivity contribution in [2.24, 2.45) is 5.92 Å². The predicted molar refractivity (Wildman–Crippen MR) is 108 cm³/mol. The van der Waals surface area contributed by atoms with Gasteiger partial charge in [0.2, 0.25) is 10.0 Å². The number of sulfonamides is 1. The summed E-state index contributed by atoms with van der Waals surface area (Å²) >= 11 is 0. The van der Waals surface area contributed by atoms with Gasteiger partial charge in [0.25, 0.3) is 0 Å². The van der Waals surface area contributed by atoms with E-state index in [1.807, 2.05) is 4.57 Å². The molecule has 0 bridgehead atoms. The van der Waals surface area contributed by atoms with Gasteiger partial charge in [-0.1, -0.05) is 12.1 Å². The van der Waals surface area contributed by atoms with E-state index in [0.29, 0.717) is 40.3 Å². The van der Waals surface area contributed by atoms with E-state index in [2.05, 4.69) is 15.8 Å². The Labute approximate surface area is 169 Å². The highest BCUT2D eigenvalue weighted by molar-refractivity contribution is 7.89. The SMILES string of the molecule is CC(C)NS(=O)(=O)c1ccc(-c2c(C#N)c3cc(F)cnc3n2CC2CC2)cc1. The lowest BCUT2D eigenvalue weighted by Gasteiger charge is -2.12. The van der Waals surface area contributed by atoms with Gasteiger partial charge >= 0.3 is 0 Å². The fourth-order valence-electron chi connectivity index (χ4n) is 3.52. The van der Waals surface area contributed by atoms with Crippen LogP contribution in [0.4, 0.5) is 4.39 Å². The third-order valence-corrected chi connectivity index (χ3v) is 6.62. The second-order valence-corrected chi connectivity index (χ2v) is 9.43. The van der Waals surface area contributed by atoms with E-state index < -0.39 is 15.8 Å². The van der Waals surface area contributed by atoms with E-state index in [4.69, 9.17) is 0 Å². The second-order valence-electron chi connectivity index (χ2n) is 7.71. The summed E-state index contributed by atoms with van der Waals surface area (Å²) in [5.74, 6) is 0.0166. The number of benzene rings is 1. The number of pyridine rings is 1. The molecule has 1 N–H and O–H groups in total. The number of halogens is 1. The van der Waals surface area contributed by atoms with Crippen LogP contribution in [-0.4, -0.2) is 24.0 Å². The van der Waals surface area contributed by atoms with Gasteiger partial charge in [-0.25, -0.2) is 22.5 Å². The highest BCUT2D eigenvalue weighted by Crippen LogP contribution is 2.38. The minimum Gasteiger partial charge on any atom is -0.324 e. The van der Waals surface area contributed by atoms with Gasteiger partial charge < -0.3 is 4.57 Å². The van der Waals surface area contributed by atoms with E-state index in [0.717, 1.165) is 19.0 Å². The van der Waals surface area contributed by atoms with Gasteiger partial charge in [-0.3, -0.25) is 0 Å². The van der Waals surface area contributed by atoms with Gasteiger partial charge in [0.05, 0.1) is 22.3 Å². The maximum Gasteiger partial charge on any atom is 0.240 e. The Balaban J connectivity index is 1.86. The molecule has 0 amide bonds. The zero-order valence-corrected chi connectivity index (χ0v) is 17.0. The number of rotatable bonds is 6. The fraction of sp³-hybridized carbons (Fsp3) is 0.333. The molecule has 0 saturated heterocycles. The molecule has 150 valence electrons. The van der Waals surface area contributed by atoms with Crippen molar-refractivity contribution in [3.63, 3.8) is 0 Å². The van der Waals surface area contributed by atoms with E-state index in [9.17, 15) is 18.1 Å². The third kappa shape index (κ3) is 3.76. The summed E-state index contributed by atoms with van der Waals surface area (Å²) in [6, 6.07) is 9.72. The van der Waals surface area contributed by atoms with Gasteiger partial charge in [0.1, 0.15) is 17.5 Å². The average molecular weight is 412 g/mol. The Morgan fingerprint density at radius 1 is 1.31 bits per heavy atom. The Morgan fingerprint density at radius 2 is 2.00 bits per heavy atom. The van der Waals surface area contributed by atoms with E-state index in [-0.39, 0.29) is 10.9 Å². The summed E-state index contributed by atoms with van der Waals surface area (Å²) in [7, 11) is -3.61. The van der Waals surface area contributed by atoms with E-state index >= 15 is 0 Å². The molecule has 0 radical (unpaired) electrons. The molecule has 1 aliphatic rings. The van der Waals surface area contributed by atoms with Gasteiger partial charge in [0, 0.05) is 18.0 Å². The second kappa shape index (κ2) is 7.25. The molecule has 0 atom stereocenters. The number of hydrogen-bond acceptors (Lipinski definition) is 4. The quantitative estimate of drug-likeness (QED) is 0.667. The van der Waals surface area contributed by atoms with Crippen LogP contribution < -0.4 is 4.72 Å². The molecule has 29 heavy (non-hydrogen) atoms. The zero-order valence-electron chi connectivity index (χ0n) is 16.2. The van der Waals surface area contributed by atoms with Crippen LogP contribution >= 0.6 is 0 Å². The number of nitrogens with zero attached hydrogens (tertiary/aromatic N) is 3. The molecular formula is C21H21FN4O2S. The largest absolute Gasteiger partial charge is 0.324 e. The molecule has 6 nitrogen and oxygen atoms in total. The molecule has 4 rings (SSSR count). The number of nitriles is 1. The highest BCUT2D eigenvalue weighted by atomic mass is 32.2. The molecule has 2 aromatic heterocycles. The molecule has 0 unspecified atom stereocenters. The average Bonchev–Trinajstić information content (AvgIpc) is 3.42. The number of hydrogen-bond donors (Lipinski definition) is 1. The van der Waals surface area contributed by atoms with Crippen molar-refractivity contribution in [1.29, 1.82) is 5.26 Å². The number of aromatic nitrogens is 2. The van der Waals surface area contributed by atoms with Crippen LogP contribution in [0.2, 0.25) is 0 Å². The van der Waals surface area contributed by atoms with Crippen molar-refractivity contribution >= 4 is 21.1 Å². The van der Waals surface area contributed by atoms with Crippen molar-refractivity contribution < 1.29 is 12.8 Å². The number of nitrogens with one attached hydrogen (secondary N) is 1. The molecule has 1 aliphatic carbocycles. The van der Waals surface area contributed by atoms with Crippen LogP contribution in [-0.2, 0) is 16.6 Å². The summed E-state index contributed by atoms with van der Waals surface area (Å²) in [5, 5.41) is 10.3. The summed E-state index contributed by atoms with van der Waals surface area (Å²) in [6.45, 7) is 4.21. The van der Waals surface area contributed by atoms with Crippen LogP contribution in [0.15, 0.2) is 41.4 Å². The first-order valence-corrected chi connectivity index (χ1v) is 11.0.